The Bertz CT molecular complexity index is 496. The number of carbonyl (C=O) groups is 3. The second-order valence-electron chi connectivity index (χ2n) is 7.96. The summed E-state index contributed by atoms with van der Waals surface area (Å²) in [5.41, 5.74) is -0.347. The summed E-state index contributed by atoms with van der Waals surface area (Å²) in [7, 11) is 0. The standard InChI is InChI=1S/C18H28N2O4/c1-3-19-16(22)11(2)20-15(21)10-24-17(23)18-7-12-4-13(8-18)6-14(5-12)9-18/h11-14H,3-10H2,1-2H3,(H,19,22)(H,20,21)/t11-,12?,13?,14?,18?/m0/s1. The minimum absolute atomic E-state index is 0.206. The summed E-state index contributed by atoms with van der Waals surface area (Å²) in [5.74, 6) is 1.12. The Kier molecular flexibility index (Phi) is 4.83. The Morgan fingerprint density at radius 2 is 1.62 bits per heavy atom. The molecule has 4 bridgehead atoms. The molecule has 0 radical (unpaired) electrons. The molecule has 4 fully saturated rings. The van der Waals surface area contributed by atoms with Gasteiger partial charge in [-0.3, -0.25) is 14.4 Å². The molecular weight excluding hydrogens is 308 g/mol. The summed E-state index contributed by atoms with van der Waals surface area (Å²) in [6.07, 6.45) is 6.56. The van der Waals surface area contributed by atoms with Crippen LogP contribution in [0, 0.1) is 23.2 Å². The Labute approximate surface area is 143 Å². The van der Waals surface area contributed by atoms with Crippen LogP contribution in [-0.2, 0) is 19.1 Å². The number of likely N-dealkylation sites (N-methyl/N-ethyl adjacent to an activating group) is 1. The summed E-state index contributed by atoms with van der Waals surface area (Å²) >= 11 is 0. The molecular formula is C18H28N2O4. The first-order valence-electron chi connectivity index (χ1n) is 9.16. The van der Waals surface area contributed by atoms with Gasteiger partial charge in [-0.2, -0.15) is 0 Å². The molecule has 4 rings (SSSR count). The molecule has 2 amide bonds. The average molecular weight is 336 g/mol. The van der Waals surface area contributed by atoms with Gasteiger partial charge in [0.1, 0.15) is 6.04 Å². The highest BCUT2D eigenvalue weighted by Crippen LogP contribution is 2.60. The van der Waals surface area contributed by atoms with Gasteiger partial charge in [0.25, 0.3) is 5.91 Å². The fraction of sp³-hybridized carbons (Fsp3) is 0.833. The number of carbonyl (C=O) groups excluding carboxylic acids is 3. The van der Waals surface area contributed by atoms with E-state index in [1.54, 1.807) is 6.92 Å². The number of esters is 1. The maximum absolute atomic E-state index is 12.6. The number of rotatable bonds is 6. The van der Waals surface area contributed by atoms with Gasteiger partial charge in [0, 0.05) is 6.54 Å². The number of hydrogen-bond acceptors (Lipinski definition) is 4. The number of hydrogen-bond donors (Lipinski definition) is 2. The topological polar surface area (TPSA) is 84.5 Å². The molecule has 1 atom stereocenters. The van der Waals surface area contributed by atoms with Gasteiger partial charge in [0.15, 0.2) is 6.61 Å². The van der Waals surface area contributed by atoms with Crippen LogP contribution < -0.4 is 10.6 Å². The van der Waals surface area contributed by atoms with Crippen LogP contribution >= 0.6 is 0 Å². The third-order valence-electron chi connectivity index (χ3n) is 5.93. The van der Waals surface area contributed by atoms with E-state index in [0.29, 0.717) is 24.3 Å². The number of ether oxygens (including phenoxy) is 1. The smallest absolute Gasteiger partial charge is 0.312 e. The Balaban J connectivity index is 1.49. The molecule has 2 N–H and O–H groups in total. The minimum atomic E-state index is -0.629. The summed E-state index contributed by atoms with van der Waals surface area (Å²) in [6, 6.07) is -0.629. The van der Waals surface area contributed by atoms with Crippen molar-refractivity contribution in [2.24, 2.45) is 23.2 Å². The van der Waals surface area contributed by atoms with Crippen molar-refractivity contribution < 1.29 is 19.1 Å². The third kappa shape index (κ3) is 3.42. The molecule has 0 heterocycles. The van der Waals surface area contributed by atoms with Crippen LogP contribution in [0.5, 0.6) is 0 Å². The molecule has 0 aromatic heterocycles. The molecule has 134 valence electrons. The lowest BCUT2D eigenvalue weighted by molar-refractivity contribution is -0.173. The predicted molar refractivity (Wildman–Crippen MR) is 87.9 cm³/mol. The zero-order chi connectivity index (χ0) is 17.3. The Morgan fingerprint density at radius 3 is 2.12 bits per heavy atom. The highest BCUT2D eigenvalue weighted by atomic mass is 16.5. The Hall–Kier alpha value is -1.59. The molecule has 0 spiro atoms. The molecule has 0 unspecified atom stereocenters. The molecule has 4 aliphatic rings. The summed E-state index contributed by atoms with van der Waals surface area (Å²) in [6.45, 7) is 3.65. The molecule has 4 saturated carbocycles. The van der Waals surface area contributed by atoms with Crippen LogP contribution in [0.15, 0.2) is 0 Å². The van der Waals surface area contributed by atoms with E-state index in [1.165, 1.54) is 19.3 Å². The molecule has 24 heavy (non-hydrogen) atoms. The first-order valence-corrected chi connectivity index (χ1v) is 9.16. The van der Waals surface area contributed by atoms with E-state index in [9.17, 15) is 14.4 Å². The average Bonchev–Trinajstić information content (AvgIpc) is 2.51. The predicted octanol–water partition coefficient (Wildman–Crippen LogP) is 1.39. The second kappa shape index (κ2) is 6.73. The molecule has 0 aromatic carbocycles. The zero-order valence-corrected chi connectivity index (χ0v) is 14.6. The first-order chi connectivity index (χ1) is 11.4. The zero-order valence-electron chi connectivity index (χ0n) is 14.6. The van der Waals surface area contributed by atoms with E-state index < -0.39 is 11.9 Å². The van der Waals surface area contributed by atoms with E-state index in [4.69, 9.17) is 4.74 Å². The summed E-state index contributed by atoms with van der Waals surface area (Å²) < 4.78 is 5.35. The maximum Gasteiger partial charge on any atom is 0.312 e. The van der Waals surface area contributed by atoms with Gasteiger partial charge in [-0.1, -0.05) is 0 Å². The van der Waals surface area contributed by atoms with Crippen LogP contribution in [0.3, 0.4) is 0 Å². The van der Waals surface area contributed by atoms with Crippen molar-refractivity contribution in [2.75, 3.05) is 13.2 Å². The maximum atomic E-state index is 12.6. The van der Waals surface area contributed by atoms with Crippen molar-refractivity contribution in [1.29, 1.82) is 0 Å². The number of nitrogens with one attached hydrogen (secondary N) is 2. The van der Waals surface area contributed by atoms with Crippen LogP contribution in [0.2, 0.25) is 0 Å². The van der Waals surface area contributed by atoms with Crippen molar-refractivity contribution in [2.45, 2.75) is 58.4 Å². The third-order valence-corrected chi connectivity index (χ3v) is 5.93. The van der Waals surface area contributed by atoms with Gasteiger partial charge in [-0.25, -0.2) is 0 Å². The van der Waals surface area contributed by atoms with Gasteiger partial charge >= 0.3 is 5.97 Å². The number of amides is 2. The van der Waals surface area contributed by atoms with Crippen LogP contribution in [0.4, 0.5) is 0 Å². The monoisotopic (exact) mass is 336 g/mol. The van der Waals surface area contributed by atoms with Gasteiger partial charge in [0.2, 0.25) is 5.91 Å². The van der Waals surface area contributed by atoms with Gasteiger partial charge in [-0.15, -0.1) is 0 Å². The van der Waals surface area contributed by atoms with Crippen LogP contribution in [0.1, 0.15) is 52.4 Å². The van der Waals surface area contributed by atoms with Crippen molar-refractivity contribution >= 4 is 17.8 Å². The van der Waals surface area contributed by atoms with Gasteiger partial charge in [-0.05, 0) is 70.1 Å². The van der Waals surface area contributed by atoms with E-state index in [2.05, 4.69) is 10.6 Å². The van der Waals surface area contributed by atoms with Gasteiger partial charge in [0.05, 0.1) is 5.41 Å². The minimum Gasteiger partial charge on any atom is -0.455 e. The molecule has 0 aromatic rings. The van der Waals surface area contributed by atoms with Crippen molar-refractivity contribution in [3.8, 4) is 0 Å². The van der Waals surface area contributed by atoms with E-state index in [0.717, 1.165) is 19.3 Å². The molecule has 0 saturated heterocycles. The van der Waals surface area contributed by atoms with E-state index >= 15 is 0 Å². The fourth-order valence-electron chi connectivity index (χ4n) is 5.32. The first kappa shape index (κ1) is 17.2. The quantitative estimate of drug-likeness (QED) is 0.718. The van der Waals surface area contributed by atoms with Crippen molar-refractivity contribution in [1.82, 2.24) is 10.6 Å². The highest BCUT2D eigenvalue weighted by Gasteiger charge is 2.55. The van der Waals surface area contributed by atoms with Gasteiger partial charge < -0.3 is 15.4 Å². The summed E-state index contributed by atoms with van der Waals surface area (Å²) in [4.78, 5) is 36.2. The molecule has 6 heteroatoms. The molecule has 4 aliphatic carbocycles. The van der Waals surface area contributed by atoms with Crippen LogP contribution in [-0.4, -0.2) is 37.0 Å². The van der Waals surface area contributed by atoms with Crippen molar-refractivity contribution in [3.63, 3.8) is 0 Å². The molecule has 0 aliphatic heterocycles. The second-order valence-corrected chi connectivity index (χ2v) is 7.96. The molecule has 6 nitrogen and oxygen atoms in total. The SMILES string of the molecule is CCNC(=O)[C@H](C)NC(=O)COC(=O)C12CC3CC(CC(C3)C1)C2. The van der Waals surface area contributed by atoms with E-state index in [-0.39, 0.29) is 23.9 Å². The van der Waals surface area contributed by atoms with E-state index in [1.807, 2.05) is 6.92 Å². The lowest BCUT2D eigenvalue weighted by Gasteiger charge is -2.55. The fourth-order valence-corrected chi connectivity index (χ4v) is 5.32. The largest absolute Gasteiger partial charge is 0.455 e. The lowest BCUT2D eigenvalue weighted by Crippen LogP contribution is -2.51. The lowest BCUT2D eigenvalue weighted by atomic mass is 9.49. The van der Waals surface area contributed by atoms with Crippen molar-refractivity contribution in [3.05, 3.63) is 0 Å². The highest BCUT2D eigenvalue weighted by molar-refractivity contribution is 5.88. The normalized spacial score (nSPS) is 34.5. The summed E-state index contributed by atoms with van der Waals surface area (Å²) in [5, 5.41) is 5.21. The van der Waals surface area contributed by atoms with Crippen LogP contribution in [0.25, 0.3) is 0 Å². The Morgan fingerprint density at radius 1 is 1.08 bits per heavy atom.